The molecule has 0 aliphatic heterocycles. The van der Waals surface area contributed by atoms with E-state index in [1.807, 2.05) is 50.2 Å². The van der Waals surface area contributed by atoms with E-state index in [0.717, 1.165) is 0 Å². The number of halogens is 1. The average Bonchev–Trinajstić information content (AvgIpc) is 2.24. The summed E-state index contributed by atoms with van der Waals surface area (Å²) in [4.78, 5) is 9.72. The molecule has 0 fully saturated rings. The van der Waals surface area contributed by atoms with Crippen molar-refractivity contribution >= 4 is 16.8 Å². The van der Waals surface area contributed by atoms with Crippen molar-refractivity contribution in [3.05, 3.63) is 56.0 Å². The number of benzene rings is 1. The molecule has 1 aromatic carbocycles. The van der Waals surface area contributed by atoms with E-state index < -0.39 is 5.24 Å². The fraction of sp³-hybridized carbons (Fsp3) is 0.231. The van der Waals surface area contributed by atoms with Crippen molar-refractivity contribution in [1.29, 1.82) is 0 Å². The SMILES string of the molecule is CC.CC=CC(=O)Cl.[CH3-].[K+].c1ccccc1. The first-order valence-electron chi connectivity index (χ1n) is 4.59. The Bertz CT molecular complexity index is 208. The molecule has 0 N–H and O–H groups in total. The molecule has 0 unspecified atom stereocenters. The van der Waals surface area contributed by atoms with Gasteiger partial charge in [0.15, 0.2) is 0 Å². The number of carbonyl (C=O) groups is 1. The topological polar surface area (TPSA) is 17.1 Å². The Morgan fingerprint density at radius 2 is 1.25 bits per heavy atom. The third-order valence-corrected chi connectivity index (χ3v) is 1.09. The molecule has 0 radical (unpaired) electrons. The van der Waals surface area contributed by atoms with Gasteiger partial charge < -0.3 is 7.43 Å². The minimum absolute atomic E-state index is 0. The fourth-order valence-electron chi connectivity index (χ4n) is 0.516. The van der Waals surface area contributed by atoms with Gasteiger partial charge in [0.25, 0.3) is 0 Å². The molecule has 1 aromatic rings. The third kappa shape index (κ3) is 29.3. The summed E-state index contributed by atoms with van der Waals surface area (Å²) < 4.78 is 0. The molecule has 86 valence electrons. The van der Waals surface area contributed by atoms with Crippen LogP contribution in [0.3, 0.4) is 0 Å². The van der Waals surface area contributed by atoms with Crippen LogP contribution in [0.4, 0.5) is 0 Å². The Hall–Kier alpha value is 0.556. The Morgan fingerprint density at radius 1 is 1.00 bits per heavy atom. The third-order valence-electron chi connectivity index (χ3n) is 0.964. The van der Waals surface area contributed by atoms with Crippen LogP contribution in [-0.4, -0.2) is 5.24 Å². The molecule has 0 aliphatic carbocycles. The minimum atomic E-state index is -0.419. The first-order chi connectivity index (χ1) is 6.77. The van der Waals surface area contributed by atoms with Crippen molar-refractivity contribution in [3.8, 4) is 0 Å². The zero-order chi connectivity index (χ0) is 11.2. The second-order valence-corrected chi connectivity index (χ2v) is 2.33. The molecule has 1 rings (SSSR count). The largest absolute Gasteiger partial charge is 1.00 e. The van der Waals surface area contributed by atoms with Crippen LogP contribution >= 0.6 is 11.6 Å². The molecule has 0 aliphatic rings. The van der Waals surface area contributed by atoms with Gasteiger partial charge in [0.2, 0.25) is 5.24 Å². The summed E-state index contributed by atoms with van der Waals surface area (Å²) in [7, 11) is 0. The Morgan fingerprint density at radius 3 is 1.31 bits per heavy atom. The second kappa shape index (κ2) is 24.7. The molecule has 0 heterocycles. The van der Waals surface area contributed by atoms with E-state index in [1.54, 1.807) is 13.0 Å². The molecule has 0 amide bonds. The van der Waals surface area contributed by atoms with E-state index in [1.165, 1.54) is 6.08 Å². The van der Waals surface area contributed by atoms with Gasteiger partial charge in [-0.3, -0.25) is 4.79 Å². The van der Waals surface area contributed by atoms with Gasteiger partial charge in [0.1, 0.15) is 0 Å². The van der Waals surface area contributed by atoms with Crippen LogP contribution in [0.25, 0.3) is 0 Å². The average molecular weight is 267 g/mol. The number of rotatable bonds is 1. The fourth-order valence-corrected chi connectivity index (χ4v) is 0.642. The molecule has 0 aromatic heterocycles. The molecule has 16 heavy (non-hydrogen) atoms. The summed E-state index contributed by atoms with van der Waals surface area (Å²) in [6.07, 6.45) is 2.89. The van der Waals surface area contributed by atoms with Gasteiger partial charge in [-0.25, -0.2) is 0 Å². The van der Waals surface area contributed by atoms with Crippen LogP contribution in [-0.2, 0) is 4.79 Å². The molecule has 1 nitrogen and oxygen atoms in total. The summed E-state index contributed by atoms with van der Waals surface area (Å²) >= 11 is 4.85. The molecule has 0 saturated carbocycles. The Kier molecular flexibility index (Phi) is 39.2. The van der Waals surface area contributed by atoms with E-state index >= 15 is 0 Å². The molecule has 3 heteroatoms. The van der Waals surface area contributed by atoms with Crippen molar-refractivity contribution in [1.82, 2.24) is 0 Å². The van der Waals surface area contributed by atoms with Crippen LogP contribution in [0.2, 0.25) is 0 Å². The van der Waals surface area contributed by atoms with Crippen molar-refractivity contribution in [3.63, 3.8) is 0 Å². The first kappa shape index (κ1) is 25.4. The predicted molar refractivity (Wildman–Crippen MR) is 69.9 cm³/mol. The van der Waals surface area contributed by atoms with Crippen molar-refractivity contribution in [2.75, 3.05) is 0 Å². The van der Waals surface area contributed by atoms with Gasteiger partial charge in [0, 0.05) is 0 Å². The number of allylic oxidation sites excluding steroid dienone is 2. The van der Waals surface area contributed by atoms with Crippen LogP contribution in [0.1, 0.15) is 20.8 Å². The number of hydrogen-bond donors (Lipinski definition) is 0. The van der Waals surface area contributed by atoms with Gasteiger partial charge in [-0.15, -0.1) is 0 Å². The zero-order valence-corrected chi connectivity index (χ0v) is 14.8. The van der Waals surface area contributed by atoms with Crippen LogP contribution in [0, 0.1) is 7.43 Å². The summed E-state index contributed by atoms with van der Waals surface area (Å²) in [5, 5.41) is -0.419. The van der Waals surface area contributed by atoms with Crippen LogP contribution in [0.5, 0.6) is 0 Å². The quantitative estimate of drug-likeness (QED) is 0.326. The Labute approximate surface area is 148 Å². The van der Waals surface area contributed by atoms with Gasteiger partial charge in [-0.05, 0) is 24.6 Å². The molecule has 0 atom stereocenters. The van der Waals surface area contributed by atoms with Gasteiger partial charge in [0.05, 0.1) is 0 Å². The van der Waals surface area contributed by atoms with Crippen molar-refractivity contribution in [2.24, 2.45) is 0 Å². The van der Waals surface area contributed by atoms with E-state index in [0.29, 0.717) is 0 Å². The van der Waals surface area contributed by atoms with E-state index in [9.17, 15) is 4.79 Å². The van der Waals surface area contributed by atoms with E-state index in [4.69, 9.17) is 11.6 Å². The maximum absolute atomic E-state index is 9.72. The maximum atomic E-state index is 9.72. The Balaban J connectivity index is -0.0000000703. The van der Waals surface area contributed by atoms with Crippen LogP contribution in [0.15, 0.2) is 48.6 Å². The molecular weight excluding hydrogens is 247 g/mol. The molecule has 0 spiro atoms. The molecule has 0 saturated heterocycles. The summed E-state index contributed by atoms with van der Waals surface area (Å²) in [6.45, 7) is 5.74. The van der Waals surface area contributed by atoms with Crippen molar-refractivity contribution < 1.29 is 56.2 Å². The van der Waals surface area contributed by atoms with Gasteiger partial charge >= 0.3 is 51.4 Å². The van der Waals surface area contributed by atoms with Gasteiger partial charge in [-0.2, -0.15) is 0 Å². The normalized spacial score (nSPS) is 7.00. The number of hydrogen-bond acceptors (Lipinski definition) is 1. The van der Waals surface area contributed by atoms with Crippen molar-refractivity contribution in [2.45, 2.75) is 20.8 Å². The zero-order valence-electron chi connectivity index (χ0n) is 10.9. The smallest absolute Gasteiger partial charge is 0.358 e. The van der Waals surface area contributed by atoms with E-state index in [2.05, 4.69) is 0 Å². The summed E-state index contributed by atoms with van der Waals surface area (Å²) in [6, 6.07) is 12.0. The monoisotopic (exact) mass is 266 g/mol. The second-order valence-electron chi connectivity index (χ2n) is 1.96. The molecular formula is C13H20ClKO. The van der Waals surface area contributed by atoms with Gasteiger partial charge in [-0.1, -0.05) is 56.3 Å². The van der Waals surface area contributed by atoms with E-state index in [-0.39, 0.29) is 58.8 Å². The summed E-state index contributed by atoms with van der Waals surface area (Å²) in [5.74, 6) is 0. The predicted octanol–water partition coefficient (Wildman–Crippen LogP) is 1.49. The van der Waals surface area contributed by atoms with Crippen LogP contribution < -0.4 is 51.4 Å². The molecule has 0 bridgehead atoms. The summed E-state index contributed by atoms with van der Waals surface area (Å²) in [5.41, 5.74) is 0. The standard InChI is InChI=1S/C6H6.C4H5ClO.C2H6.CH3.K/c1-2-4-6-5-3-1;1-2-3-4(5)6;1-2;;/h1-6H;2-3H,1H3;1-2H3;1H3;/q;;;-1;+1. The minimum Gasteiger partial charge on any atom is -0.358 e. The number of carbonyl (C=O) groups excluding carboxylic acids is 1. The first-order valence-corrected chi connectivity index (χ1v) is 4.97. The maximum Gasteiger partial charge on any atom is 1.00 e.